The Labute approximate surface area is 116 Å². The highest BCUT2D eigenvalue weighted by Crippen LogP contribution is 2.37. The molecule has 0 aromatic carbocycles. The van der Waals surface area contributed by atoms with Crippen LogP contribution in [0.3, 0.4) is 0 Å². The topological polar surface area (TPSA) is 28.2 Å². The average Bonchev–Trinajstić information content (AvgIpc) is 2.39. The van der Waals surface area contributed by atoms with Crippen LogP contribution in [-0.4, -0.2) is 29.7 Å². The van der Waals surface area contributed by atoms with Gasteiger partial charge in [0.2, 0.25) is 0 Å². The van der Waals surface area contributed by atoms with E-state index in [9.17, 15) is 0 Å². The summed E-state index contributed by atoms with van der Waals surface area (Å²) in [6, 6.07) is 6.53. The van der Waals surface area contributed by atoms with Crippen LogP contribution in [0, 0.1) is 6.92 Å². The molecular formula is C16H25N3. The Morgan fingerprint density at radius 3 is 2.58 bits per heavy atom. The first-order valence-electron chi connectivity index (χ1n) is 7.72. The summed E-state index contributed by atoms with van der Waals surface area (Å²) in [7, 11) is 0. The number of fused-ring (bicyclic) bond motifs is 2. The van der Waals surface area contributed by atoms with E-state index >= 15 is 0 Å². The van der Waals surface area contributed by atoms with Gasteiger partial charge in [0.25, 0.3) is 0 Å². The van der Waals surface area contributed by atoms with E-state index in [-0.39, 0.29) is 0 Å². The van der Waals surface area contributed by atoms with Gasteiger partial charge in [-0.3, -0.25) is 4.98 Å². The molecule has 1 N–H and O–H groups in total. The lowest BCUT2D eigenvalue weighted by Crippen LogP contribution is -2.56. The maximum Gasteiger partial charge on any atom is 0.0557 e. The highest BCUT2D eigenvalue weighted by Gasteiger charge is 2.37. The minimum Gasteiger partial charge on any atom is -0.364 e. The fourth-order valence-corrected chi connectivity index (χ4v) is 3.87. The maximum absolute atomic E-state index is 4.48. The molecule has 2 unspecified atom stereocenters. The molecule has 2 aliphatic heterocycles. The Hall–Kier alpha value is -1.09. The van der Waals surface area contributed by atoms with Crippen LogP contribution in [0.1, 0.15) is 44.7 Å². The minimum absolute atomic E-state index is 0.709. The molecule has 0 radical (unpaired) electrons. The van der Waals surface area contributed by atoms with Crippen molar-refractivity contribution in [2.24, 2.45) is 0 Å². The Morgan fingerprint density at radius 2 is 2.00 bits per heavy atom. The molecule has 2 bridgehead atoms. The standard InChI is InChI=1S/C16H25N3/c1-3-17-13-9-14-5-4-6-15(10-13)19(14)16-8-7-12(2)18-11-16/h7-8,11,13-15,17H,3-6,9-10H2,1-2H3. The van der Waals surface area contributed by atoms with Crippen LogP contribution < -0.4 is 10.2 Å². The lowest BCUT2D eigenvalue weighted by molar-refractivity contribution is 0.247. The summed E-state index contributed by atoms with van der Waals surface area (Å²) in [6.45, 7) is 5.37. The molecule has 2 fully saturated rings. The van der Waals surface area contributed by atoms with Crippen molar-refractivity contribution in [1.82, 2.24) is 10.3 Å². The van der Waals surface area contributed by atoms with Gasteiger partial charge in [0.1, 0.15) is 0 Å². The summed E-state index contributed by atoms with van der Waals surface area (Å²) < 4.78 is 0. The molecule has 3 rings (SSSR count). The number of hydrogen-bond acceptors (Lipinski definition) is 3. The second kappa shape index (κ2) is 5.49. The first-order chi connectivity index (χ1) is 9.28. The molecule has 104 valence electrons. The van der Waals surface area contributed by atoms with Gasteiger partial charge in [-0.15, -0.1) is 0 Å². The molecule has 19 heavy (non-hydrogen) atoms. The molecule has 0 spiro atoms. The molecule has 0 aliphatic carbocycles. The normalized spacial score (nSPS) is 30.4. The number of aryl methyl sites for hydroxylation is 1. The molecule has 0 saturated carbocycles. The SMILES string of the molecule is CCNC1CC2CCCC(C1)N2c1ccc(C)nc1. The van der Waals surface area contributed by atoms with Crippen LogP contribution in [0.25, 0.3) is 0 Å². The number of hydrogen-bond donors (Lipinski definition) is 1. The van der Waals surface area contributed by atoms with Gasteiger partial charge in [-0.05, 0) is 57.7 Å². The fraction of sp³-hybridized carbons (Fsp3) is 0.688. The zero-order valence-corrected chi connectivity index (χ0v) is 12.1. The summed E-state index contributed by atoms with van der Waals surface area (Å²) in [4.78, 5) is 7.14. The van der Waals surface area contributed by atoms with E-state index in [1.54, 1.807) is 0 Å². The number of piperidine rings is 2. The first kappa shape index (κ1) is 12.9. The van der Waals surface area contributed by atoms with Gasteiger partial charge >= 0.3 is 0 Å². The van der Waals surface area contributed by atoms with E-state index in [1.165, 1.54) is 37.8 Å². The molecule has 3 nitrogen and oxygen atoms in total. The third kappa shape index (κ3) is 2.62. The summed E-state index contributed by atoms with van der Waals surface area (Å²) in [5.41, 5.74) is 2.44. The van der Waals surface area contributed by atoms with Gasteiger partial charge in [-0.2, -0.15) is 0 Å². The van der Waals surface area contributed by atoms with Crippen LogP contribution in [0.5, 0.6) is 0 Å². The average molecular weight is 259 g/mol. The van der Waals surface area contributed by atoms with Crippen molar-refractivity contribution >= 4 is 5.69 Å². The van der Waals surface area contributed by atoms with Gasteiger partial charge in [-0.25, -0.2) is 0 Å². The quantitative estimate of drug-likeness (QED) is 0.904. The lowest BCUT2D eigenvalue weighted by atomic mass is 9.81. The van der Waals surface area contributed by atoms with Crippen molar-refractivity contribution < 1.29 is 0 Å². The van der Waals surface area contributed by atoms with Gasteiger partial charge in [0.15, 0.2) is 0 Å². The predicted octanol–water partition coefficient (Wildman–Crippen LogP) is 2.89. The molecule has 0 amide bonds. The van der Waals surface area contributed by atoms with Crippen LogP contribution in [0.2, 0.25) is 0 Å². The monoisotopic (exact) mass is 259 g/mol. The maximum atomic E-state index is 4.48. The van der Waals surface area contributed by atoms with Gasteiger partial charge in [-0.1, -0.05) is 6.92 Å². The second-order valence-electron chi connectivity index (χ2n) is 6.03. The Bertz CT molecular complexity index is 401. The van der Waals surface area contributed by atoms with Crippen LogP contribution in [0.15, 0.2) is 18.3 Å². The molecule has 1 aromatic heterocycles. The van der Waals surface area contributed by atoms with Gasteiger partial charge in [0, 0.05) is 23.8 Å². The zero-order valence-electron chi connectivity index (χ0n) is 12.1. The van der Waals surface area contributed by atoms with Crippen molar-refractivity contribution in [2.75, 3.05) is 11.4 Å². The molecule has 2 saturated heterocycles. The number of pyridine rings is 1. The van der Waals surface area contributed by atoms with Crippen molar-refractivity contribution in [3.63, 3.8) is 0 Å². The Kier molecular flexibility index (Phi) is 3.74. The van der Waals surface area contributed by atoms with Crippen molar-refractivity contribution in [2.45, 2.75) is 64.1 Å². The largest absolute Gasteiger partial charge is 0.364 e. The summed E-state index contributed by atoms with van der Waals surface area (Å²) in [5.74, 6) is 0. The number of nitrogens with one attached hydrogen (secondary N) is 1. The van der Waals surface area contributed by atoms with Crippen LogP contribution in [-0.2, 0) is 0 Å². The number of rotatable bonds is 3. The van der Waals surface area contributed by atoms with Crippen molar-refractivity contribution in [3.8, 4) is 0 Å². The first-order valence-corrected chi connectivity index (χ1v) is 7.72. The summed E-state index contributed by atoms with van der Waals surface area (Å²) in [6.07, 6.45) is 8.72. The highest BCUT2D eigenvalue weighted by molar-refractivity contribution is 5.48. The smallest absolute Gasteiger partial charge is 0.0557 e. The Morgan fingerprint density at radius 1 is 1.26 bits per heavy atom. The Balaban J connectivity index is 1.80. The third-order valence-electron chi connectivity index (χ3n) is 4.66. The summed E-state index contributed by atoms with van der Waals surface area (Å²) >= 11 is 0. The fourth-order valence-electron chi connectivity index (χ4n) is 3.87. The van der Waals surface area contributed by atoms with Gasteiger partial charge < -0.3 is 10.2 Å². The predicted molar refractivity (Wildman–Crippen MR) is 79.6 cm³/mol. The molecule has 3 heteroatoms. The van der Waals surface area contributed by atoms with E-state index < -0.39 is 0 Å². The summed E-state index contributed by atoms with van der Waals surface area (Å²) in [5, 5.41) is 3.65. The van der Waals surface area contributed by atoms with E-state index in [0.29, 0.717) is 12.1 Å². The van der Waals surface area contributed by atoms with Crippen molar-refractivity contribution in [1.29, 1.82) is 0 Å². The highest BCUT2D eigenvalue weighted by atomic mass is 15.2. The second-order valence-corrected chi connectivity index (χ2v) is 6.03. The molecular weight excluding hydrogens is 234 g/mol. The van der Waals surface area contributed by atoms with Crippen molar-refractivity contribution in [3.05, 3.63) is 24.0 Å². The number of anilines is 1. The molecule has 2 atom stereocenters. The molecule has 2 aliphatic rings. The van der Waals surface area contributed by atoms with E-state index in [2.05, 4.69) is 47.4 Å². The lowest BCUT2D eigenvalue weighted by Gasteiger charge is -2.50. The van der Waals surface area contributed by atoms with E-state index in [0.717, 1.165) is 18.3 Å². The van der Waals surface area contributed by atoms with Crippen LogP contribution >= 0.6 is 0 Å². The van der Waals surface area contributed by atoms with E-state index in [1.807, 2.05) is 0 Å². The number of nitrogens with zero attached hydrogens (tertiary/aromatic N) is 2. The van der Waals surface area contributed by atoms with Gasteiger partial charge in [0.05, 0.1) is 11.9 Å². The number of aromatic nitrogens is 1. The minimum atomic E-state index is 0.709. The zero-order chi connectivity index (χ0) is 13.2. The molecule has 1 aromatic rings. The molecule has 3 heterocycles. The van der Waals surface area contributed by atoms with Crippen LogP contribution in [0.4, 0.5) is 5.69 Å². The van der Waals surface area contributed by atoms with E-state index in [4.69, 9.17) is 0 Å². The third-order valence-corrected chi connectivity index (χ3v) is 4.66.